The number of benzene rings is 1. The number of halogens is 1. The third kappa shape index (κ3) is 3.39. The van der Waals surface area contributed by atoms with Crippen molar-refractivity contribution in [2.24, 2.45) is 5.92 Å². The molecule has 5 heteroatoms. The van der Waals surface area contributed by atoms with E-state index in [2.05, 4.69) is 12.1 Å². The van der Waals surface area contributed by atoms with Gasteiger partial charge in [-0.05, 0) is 49.7 Å². The number of carbonyl (C=O) groups excluding carboxylic acids is 1. The zero-order chi connectivity index (χ0) is 18.1. The second kappa shape index (κ2) is 7.22. The van der Waals surface area contributed by atoms with Crippen LogP contribution in [0.15, 0.2) is 28.8 Å². The lowest BCUT2D eigenvalue weighted by molar-refractivity contribution is -0.131. The van der Waals surface area contributed by atoms with Gasteiger partial charge in [-0.25, -0.2) is 4.39 Å². The first-order valence-corrected chi connectivity index (χ1v) is 9.60. The van der Waals surface area contributed by atoms with E-state index < -0.39 is 0 Å². The van der Waals surface area contributed by atoms with Crippen LogP contribution in [0.1, 0.15) is 54.7 Å². The summed E-state index contributed by atoms with van der Waals surface area (Å²) in [7, 11) is 0. The molecule has 138 valence electrons. The molecule has 1 fully saturated rings. The van der Waals surface area contributed by atoms with E-state index in [1.807, 2.05) is 4.90 Å². The zero-order valence-corrected chi connectivity index (χ0v) is 15.2. The molecule has 0 spiro atoms. The average molecular weight is 356 g/mol. The fraction of sp³-hybridized carbons (Fsp3) is 0.524. The molecule has 0 saturated carbocycles. The van der Waals surface area contributed by atoms with Crippen molar-refractivity contribution in [1.29, 1.82) is 0 Å². The average Bonchev–Trinajstić information content (AvgIpc) is 3.06. The van der Waals surface area contributed by atoms with Gasteiger partial charge >= 0.3 is 0 Å². The number of likely N-dealkylation sites (tertiary alicyclic amines) is 1. The molecule has 26 heavy (non-hydrogen) atoms. The van der Waals surface area contributed by atoms with Gasteiger partial charge in [0.2, 0.25) is 5.91 Å². The molecule has 4 nitrogen and oxygen atoms in total. The Morgan fingerprint density at radius 3 is 2.81 bits per heavy atom. The Kier molecular flexibility index (Phi) is 4.79. The highest BCUT2D eigenvalue weighted by Crippen LogP contribution is 2.36. The summed E-state index contributed by atoms with van der Waals surface area (Å²) in [5, 5.41) is 4.29. The topological polar surface area (TPSA) is 46.3 Å². The third-order valence-electron chi connectivity index (χ3n) is 5.84. The number of nitrogens with zero attached hydrogens (tertiary/aromatic N) is 2. The lowest BCUT2D eigenvalue weighted by Gasteiger charge is -2.31. The quantitative estimate of drug-likeness (QED) is 0.838. The summed E-state index contributed by atoms with van der Waals surface area (Å²) in [6.45, 7) is 3.68. The van der Waals surface area contributed by atoms with Crippen LogP contribution in [0.5, 0.6) is 0 Å². The first-order chi connectivity index (χ1) is 12.6. The Morgan fingerprint density at radius 1 is 1.27 bits per heavy atom. The standard InChI is InChI=1S/C21H25FN2O2/c1-14-6-7-19-17(12-14)21(26-23-19)15-8-10-24(11-9-15)20(25)13-16-4-2-3-5-18(16)22/h2-5,14-15H,6-13H2,1H3. The number of carbonyl (C=O) groups is 1. The van der Waals surface area contributed by atoms with E-state index in [0.717, 1.165) is 37.1 Å². The number of fused-ring (bicyclic) bond motifs is 1. The van der Waals surface area contributed by atoms with Crippen LogP contribution in [0.25, 0.3) is 0 Å². The van der Waals surface area contributed by atoms with E-state index in [1.165, 1.54) is 18.1 Å². The molecule has 1 aliphatic carbocycles. The van der Waals surface area contributed by atoms with Gasteiger partial charge in [0.1, 0.15) is 11.6 Å². The Bertz CT molecular complexity index is 793. The molecule has 1 atom stereocenters. The molecule has 0 radical (unpaired) electrons. The predicted molar refractivity (Wildman–Crippen MR) is 96.4 cm³/mol. The number of hydrogen-bond donors (Lipinski definition) is 0. The summed E-state index contributed by atoms with van der Waals surface area (Å²) < 4.78 is 19.5. The molecule has 1 aromatic carbocycles. The van der Waals surface area contributed by atoms with E-state index in [1.54, 1.807) is 18.2 Å². The van der Waals surface area contributed by atoms with E-state index in [9.17, 15) is 9.18 Å². The van der Waals surface area contributed by atoms with Crippen molar-refractivity contribution in [1.82, 2.24) is 10.1 Å². The second-order valence-electron chi connectivity index (χ2n) is 7.74. The van der Waals surface area contributed by atoms with Crippen molar-refractivity contribution in [2.45, 2.75) is 51.4 Å². The maximum atomic E-state index is 13.8. The van der Waals surface area contributed by atoms with Gasteiger partial charge in [-0.15, -0.1) is 0 Å². The van der Waals surface area contributed by atoms with Crippen LogP contribution in [-0.4, -0.2) is 29.1 Å². The van der Waals surface area contributed by atoms with Crippen molar-refractivity contribution in [3.05, 3.63) is 52.7 Å². The van der Waals surface area contributed by atoms with Crippen molar-refractivity contribution in [3.8, 4) is 0 Å². The Morgan fingerprint density at radius 2 is 2.04 bits per heavy atom. The van der Waals surface area contributed by atoms with E-state index in [-0.39, 0.29) is 18.1 Å². The Balaban J connectivity index is 1.38. The summed E-state index contributed by atoms with van der Waals surface area (Å²) in [6, 6.07) is 6.50. The maximum Gasteiger partial charge on any atom is 0.227 e. The van der Waals surface area contributed by atoms with E-state index >= 15 is 0 Å². The lowest BCUT2D eigenvalue weighted by atomic mass is 9.83. The monoisotopic (exact) mass is 356 g/mol. The largest absolute Gasteiger partial charge is 0.361 e. The molecule has 1 amide bonds. The molecule has 4 rings (SSSR count). The molecule has 0 bridgehead atoms. The minimum Gasteiger partial charge on any atom is -0.361 e. The highest BCUT2D eigenvalue weighted by atomic mass is 19.1. The zero-order valence-electron chi connectivity index (χ0n) is 15.2. The molecule has 0 N–H and O–H groups in total. The molecule has 2 aliphatic rings. The summed E-state index contributed by atoms with van der Waals surface area (Å²) in [5.74, 6) is 1.77. The lowest BCUT2D eigenvalue weighted by Crippen LogP contribution is -2.39. The number of rotatable bonds is 3. The van der Waals surface area contributed by atoms with Gasteiger partial charge < -0.3 is 9.42 Å². The molecule has 2 heterocycles. The highest BCUT2D eigenvalue weighted by Gasteiger charge is 2.31. The fourth-order valence-corrected chi connectivity index (χ4v) is 4.23. The smallest absolute Gasteiger partial charge is 0.227 e. The summed E-state index contributed by atoms with van der Waals surface area (Å²) in [5.41, 5.74) is 2.92. The molecule has 2 aromatic rings. The van der Waals surface area contributed by atoms with Gasteiger partial charge in [0.25, 0.3) is 0 Å². The van der Waals surface area contributed by atoms with Crippen LogP contribution in [0.3, 0.4) is 0 Å². The van der Waals surface area contributed by atoms with Gasteiger partial charge in [0.15, 0.2) is 0 Å². The highest BCUT2D eigenvalue weighted by molar-refractivity contribution is 5.79. The number of hydrogen-bond acceptors (Lipinski definition) is 3. The second-order valence-corrected chi connectivity index (χ2v) is 7.74. The summed E-state index contributed by atoms with van der Waals surface area (Å²) in [6.07, 6.45) is 5.16. The van der Waals surface area contributed by atoms with E-state index in [4.69, 9.17) is 4.52 Å². The van der Waals surface area contributed by atoms with Crippen LogP contribution < -0.4 is 0 Å². The van der Waals surface area contributed by atoms with Crippen LogP contribution in [0, 0.1) is 11.7 Å². The molecule has 1 aromatic heterocycles. The van der Waals surface area contributed by atoms with Gasteiger partial charge in [-0.3, -0.25) is 4.79 Å². The van der Waals surface area contributed by atoms with Crippen molar-refractivity contribution in [2.75, 3.05) is 13.1 Å². The predicted octanol–water partition coefficient (Wildman–Crippen LogP) is 3.89. The molecular formula is C21H25FN2O2. The van der Waals surface area contributed by atoms with Crippen LogP contribution >= 0.6 is 0 Å². The molecule has 1 saturated heterocycles. The minimum atomic E-state index is -0.307. The number of aryl methyl sites for hydroxylation is 1. The number of aromatic nitrogens is 1. The summed E-state index contributed by atoms with van der Waals surface area (Å²) in [4.78, 5) is 14.4. The number of piperidine rings is 1. The van der Waals surface area contributed by atoms with E-state index in [0.29, 0.717) is 30.5 Å². The molecule has 1 unspecified atom stereocenters. The van der Waals surface area contributed by atoms with Crippen molar-refractivity contribution < 1.29 is 13.7 Å². The van der Waals surface area contributed by atoms with Crippen LogP contribution in [-0.2, 0) is 24.1 Å². The van der Waals surface area contributed by atoms with Gasteiger partial charge in [0.05, 0.1) is 12.1 Å². The van der Waals surface area contributed by atoms with Crippen molar-refractivity contribution >= 4 is 5.91 Å². The van der Waals surface area contributed by atoms with Crippen LogP contribution in [0.2, 0.25) is 0 Å². The van der Waals surface area contributed by atoms with Crippen molar-refractivity contribution in [3.63, 3.8) is 0 Å². The van der Waals surface area contributed by atoms with Gasteiger partial charge in [-0.1, -0.05) is 30.3 Å². The molecular weight excluding hydrogens is 331 g/mol. The Labute approximate surface area is 153 Å². The molecule has 1 aliphatic heterocycles. The van der Waals surface area contributed by atoms with Gasteiger partial charge in [-0.2, -0.15) is 0 Å². The third-order valence-corrected chi connectivity index (χ3v) is 5.84. The minimum absolute atomic E-state index is 0.00164. The van der Waals surface area contributed by atoms with Crippen LogP contribution in [0.4, 0.5) is 4.39 Å². The fourth-order valence-electron chi connectivity index (χ4n) is 4.23. The van der Waals surface area contributed by atoms with Gasteiger partial charge in [0, 0.05) is 24.6 Å². The maximum absolute atomic E-state index is 13.8. The first-order valence-electron chi connectivity index (χ1n) is 9.60. The summed E-state index contributed by atoms with van der Waals surface area (Å²) >= 11 is 0. The first kappa shape index (κ1) is 17.3. The number of amides is 1. The normalized spacial score (nSPS) is 20.8. The Hall–Kier alpha value is -2.17. The SMILES string of the molecule is CC1CCc2noc(C3CCN(C(=O)Cc4ccccc4F)CC3)c2C1.